The zero-order chi connectivity index (χ0) is 18.5. The maximum atomic E-state index is 12.4. The minimum Gasteiger partial charge on any atom is -0.434 e. The van der Waals surface area contributed by atoms with Gasteiger partial charge in [0, 0.05) is 17.2 Å². The Morgan fingerprint density at radius 2 is 1.92 bits per heavy atom. The van der Waals surface area contributed by atoms with Crippen molar-refractivity contribution in [3.05, 3.63) is 35.4 Å². The first-order valence-electron chi connectivity index (χ1n) is 9.09. The van der Waals surface area contributed by atoms with Crippen LogP contribution in [-0.2, 0) is 14.3 Å². The van der Waals surface area contributed by atoms with Crippen LogP contribution in [0.15, 0.2) is 29.8 Å². The van der Waals surface area contributed by atoms with E-state index in [1.807, 2.05) is 0 Å². The first-order chi connectivity index (χ1) is 12.6. The van der Waals surface area contributed by atoms with E-state index in [9.17, 15) is 14.4 Å². The smallest absolute Gasteiger partial charge is 0.434 e. The molecule has 0 aromatic heterocycles. The molecule has 1 saturated carbocycles. The Morgan fingerprint density at radius 3 is 2.65 bits per heavy atom. The van der Waals surface area contributed by atoms with Crippen LogP contribution >= 0.6 is 0 Å². The Bertz CT molecular complexity index is 733. The van der Waals surface area contributed by atoms with Crippen molar-refractivity contribution in [2.75, 3.05) is 13.2 Å². The van der Waals surface area contributed by atoms with E-state index in [4.69, 9.17) is 9.47 Å². The van der Waals surface area contributed by atoms with Gasteiger partial charge in [0.25, 0.3) is 5.91 Å². The molecule has 1 amide bonds. The highest BCUT2D eigenvalue weighted by Crippen LogP contribution is 2.29. The molecule has 26 heavy (non-hydrogen) atoms. The van der Waals surface area contributed by atoms with E-state index in [2.05, 4.69) is 0 Å². The predicted molar refractivity (Wildman–Crippen MR) is 95.7 cm³/mol. The van der Waals surface area contributed by atoms with Crippen LogP contribution in [0, 0.1) is 0 Å². The number of amides is 1. The molecule has 2 aliphatic rings. The third kappa shape index (κ3) is 3.95. The van der Waals surface area contributed by atoms with E-state index in [-0.39, 0.29) is 12.6 Å². The van der Waals surface area contributed by atoms with Crippen molar-refractivity contribution in [1.82, 2.24) is 4.90 Å². The molecule has 0 unspecified atom stereocenters. The summed E-state index contributed by atoms with van der Waals surface area (Å²) in [6, 6.07) is 7.03. The van der Waals surface area contributed by atoms with Gasteiger partial charge in [0.2, 0.25) is 5.78 Å². The van der Waals surface area contributed by atoms with Gasteiger partial charge in [0.15, 0.2) is 0 Å². The highest BCUT2D eigenvalue weighted by atomic mass is 16.7. The first-order valence-corrected chi connectivity index (χ1v) is 9.09. The SMILES string of the molecule is CCOC(=O)Oc1ccccc1/C=C1\CN(C2CCCCC2)C(=O)C1=O. The number of Topliss-reactive ketones (excluding diaryl/α,β-unsaturated/α-hetero) is 1. The zero-order valence-corrected chi connectivity index (χ0v) is 14.9. The number of carbonyl (C=O) groups is 3. The highest BCUT2D eigenvalue weighted by Gasteiger charge is 2.38. The van der Waals surface area contributed by atoms with Crippen LogP contribution < -0.4 is 4.74 Å². The summed E-state index contributed by atoms with van der Waals surface area (Å²) in [5.74, 6) is -0.594. The van der Waals surface area contributed by atoms with Crippen LogP contribution in [-0.4, -0.2) is 41.9 Å². The molecule has 2 fully saturated rings. The monoisotopic (exact) mass is 357 g/mol. The number of benzene rings is 1. The lowest BCUT2D eigenvalue weighted by Gasteiger charge is -2.30. The Morgan fingerprint density at radius 1 is 1.19 bits per heavy atom. The number of rotatable bonds is 4. The lowest BCUT2D eigenvalue weighted by Crippen LogP contribution is -2.38. The fourth-order valence-corrected chi connectivity index (χ4v) is 3.51. The summed E-state index contributed by atoms with van der Waals surface area (Å²) < 4.78 is 9.98. The summed E-state index contributed by atoms with van der Waals surface area (Å²) in [4.78, 5) is 38.1. The van der Waals surface area contributed by atoms with Crippen LogP contribution in [0.1, 0.15) is 44.6 Å². The molecular weight excluding hydrogens is 334 g/mol. The number of para-hydroxylation sites is 1. The molecule has 1 aromatic rings. The molecule has 1 aromatic carbocycles. The fourth-order valence-electron chi connectivity index (χ4n) is 3.51. The quantitative estimate of drug-likeness (QED) is 0.358. The van der Waals surface area contributed by atoms with Crippen molar-refractivity contribution >= 4 is 23.9 Å². The van der Waals surface area contributed by atoms with E-state index in [0.717, 1.165) is 25.7 Å². The molecule has 6 nitrogen and oxygen atoms in total. The second-order valence-corrected chi connectivity index (χ2v) is 6.55. The second kappa shape index (κ2) is 8.17. The summed E-state index contributed by atoms with van der Waals surface area (Å²) >= 11 is 0. The standard InChI is InChI=1S/C20H23NO5/c1-2-25-20(24)26-17-11-7-6-8-14(17)12-15-13-21(19(23)18(15)22)16-9-4-3-5-10-16/h6-8,11-12,16H,2-5,9-10,13H2,1H3/b15-12+. The molecule has 1 aliphatic carbocycles. The largest absolute Gasteiger partial charge is 0.513 e. The van der Waals surface area contributed by atoms with Crippen LogP contribution in [0.25, 0.3) is 6.08 Å². The average Bonchev–Trinajstić information content (AvgIpc) is 2.93. The number of hydrogen-bond acceptors (Lipinski definition) is 5. The minimum absolute atomic E-state index is 0.150. The van der Waals surface area contributed by atoms with Crippen molar-refractivity contribution in [3.8, 4) is 5.75 Å². The number of carbonyl (C=O) groups excluding carboxylic acids is 3. The van der Waals surface area contributed by atoms with Gasteiger partial charge in [0.05, 0.1) is 13.2 Å². The molecule has 138 valence electrons. The van der Waals surface area contributed by atoms with E-state index in [0.29, 0.717) is 23.4 Å². The van der Waals surface area contributed by atoms with Crippen LogP contribution in [0.5, 0.6) is 5.75 Å². The lowest BCUT2D eigenvalue weighted by molar-refractivity contribution is -0.140. The number of nitrogens with zero attached hydrogens (tertiary/aromatic N) is 1. The van der Waals surface area contributed by atoms with Gasteiger partial charge in [0.1, 0.15) is 5.75 Å². The molecule has 0 bridgehead atoms. The highest BCUT2D eigenvalue weighted by molar-refractivity contribution is 6.46. The van der Waals surface area contributed by atoms with Gasteiger partial charge in [-0.15, -0.1) is 0 Å². The van der Waals surface area contributed by atoms with E-state index in [1.54, 1.807) is 42.2 Å². The van der Waals surface area contributed by atoms with Crippen LogP contribution in [0.3, 0.4) is 0 Å². The summed E-state index contributed by atoms with van der Waals surface area (Å²) in [6.07, 6.45) is 6.13. The molecule has 0 spiro atoms. The molecule has 1 aliphatic heterocycles. The fraction of sp³-hybridized carbons (Fsp3) is 0.450. The third-order valence-electron chi connectivity index (χ3n) is 4.81. The second-order valence-electron chi connectivity index (χ2n) is 6.55. The van der Waals surface area contributed by atoms with Gasteiger partial charge in [-0.05, 0) is 31.9 Å². The van der Waals surface area contributed by atoms with E-state index >= 15 is 0 Å². The molecule has 3 rings (SSSR count). The molecular formula is C20H23NO5. The summed E-state index contributed by atoms with van der Waals surface area (Å²) in [5, 5.41) is 0. The summed E-state index contributed by atoms with van der Waals surface area (Å²) in [5.41, 5.74) is 1.00. The van der Waals surface area contributed by atoms with Gasteiger partial charge in [-0.25, -0.2) is 4.79 Å². The lowest BCUT2D eigenvalue weighted by atomic mass is 9.94. The Hall–Kier alpha value is -2.63. The maximum absolute atomic E-state index is 12.4. The summed E-state index contributed by atoms with van der Waals surface area (Å²) in [6.45, 7) is 2.22. The Kier molecular flexibility index (Phi) is 5.71. The van der Waals surface area contributed by atoms with Crippen molar-refractivity contribution in [2.45, 2.75) is 45.1 Å². The van der Waals surface area contributed by atoms with Gasteiger partial charge in [-0.1, -0.05) is 37.5 Å². The molecule has 1 heterocycles. The third-order valence-corrected chi connectivity index (χ3v) is 4.81. The van der Waals surface area contributed by atoms with Crippen LogP contribution in [0.4, 0.5) is 4.79 Å². The van der Waals surface area contributed by atoms with E-state index < -0.39 is 17.8 Å². The minimum atomic E-state index is -0.795. The topological polar surface area (TPSA) is 72.9 Å². The maximum Gasteiger partial charge on any atom is 0.513 e. The van der Waals surface area contributed by atoms with Crippen LogP contribution in [0.2, 0.25) is 0 Å². The molecule has 0 atom stereocenters. The van der Waals surface area contributed by atoms with Gasteiger partial charge < -0.3 is 14.4 Å². The number of hydrogen-bond donors (Lipinski definition) is 0. The van der Waals surface area contributed by atoms with Crippen molar-refractivity contribution in [1.29, 1.82) is 0 Å². The number of ether oxygens (including phenoxy) is 2. The molecule has 0 N–H and O–H groups in total. The van der Waals surface area contributed by atoms with Gasteiger partial charge in [-0.3, -0.25) is 9.59 Å². The van der Waals surface area contributed by atoms with E-state index in [1.165, 1.54) is 6.42 Å². The summed E-state index contributed by atoms with van der Waals surface area (Å²) in [7, 11) is 0. The average molecular weight is 357 g/mol. The van der Waals surface area contributed by atoms with Crippen molar-refractivity contribution in [2.24, 2.45) is 0 Å². The van der Waals surface area contributed by atoms with Crippen molar-refractivity contribution < 1.29 is 23.9 Å². The first kappa shape index (κ1) is 18.2. The Balaban J connectivity index is 1.80. The zero-order valence-electron chi connectivity index (χ0n) is 14.9. The predicted octanol–water partition coefficient (Wildman–Crippen LogP) is 3.35. The molecule has 6 heteroatoms. The Labute approximate surface area is 152 Å². The number of ketones is 1. The van der Waals surface area contributed by atoms with Gasteiger partial charge in [-0.2, -0.15) is 0 Å². The van der Waals surface area contributed by atoms with Gasteiger partial charge >= 0.3 is 6.16 Å². The number of likely N-dealkylation sites (tertiary alicyclic amines) is 1. The van der Waals surface area contributed by atoms with Crippen molar-refractivity contribution in [3.63, 3.8) is 0 Å². The molecule has 1 saturated heterocycles. The normalized spacial score (nSPS) is 19.9. The molecule has 0 radical (unpaired) electrons.